The van der Waals surface area contributed by atoms with Gasteiger partial charge in [0.15, 0.2) is 11.5 Å². The molecule has 0 fully saturated rings. The van der Waals surface area contributed by atoms with Crippen LogP contribution in [-0.4, -0.2) is 19.2 Å². The highest BCUT2D eigenvalue weighted by atomic mass is 79.9. The highest BCUT2D eigenvalue weighted by Crippen LogP contribution is 2.36. The summed E-state index contributed by atoms with van der Waals surface area (Å²) in [6.07, 6.45) is 1.75. The van der Waals surface area contributed by atoms with Crippen molar-refractivity contribution in [3.05, 3.63) is 92.9 Å². The maximum atomic E-state index is 12.0. The lowest BCUT2D eigenvalue weighted by molar-refractivity contribution is -0.120. The quantitative estimate of drug-likeness (QED) is 0.343. The molecule has 3 aromatic rings. The van der Waals surface area contributed by atoms with Crippen LogP contribution < -0.4 is 14.9 Å². The molecule has 154 valence electrons. The topological polar surface area (TPSA) is 59.9 Å². The van der Waals surface area contributed by atoms with E-state index in [2.05, 4.69) is 26.5 Å². The molecule has 0 unspecified atom stereocenters. The SMILES string of the molecule is COc1cc(/C=N/NC(=O)Cc2ccc(Br)cc2)cc(Cl)c1OCc1ccccc1. The number of rotatable bonds is 8. The number of hydrogen-bond acceptors (Lipinski definition) is 4. The lowest BCUT2D eigenvalue weighted by atomic mass is 10.1. The van der Waals surface area contributed by atoms with E-state index in [-0.39, 0.29) is 12.3 Å². The predicted molar refractivity (Wildman–Crippen MR) is 122 cm³/mol. The minimum absolute atomic E-state index is 0.213. The minimum Gasteiger partial charge on any atom is -0.493 e. The molecule has 0 radical (unpaired) electrons. The monoisotopic (exact) mass is 486 g/mol. The third-order valence-electron chi connectivity index (χ3n) is 4.16. The van der Waals surface area contributed by atoms with Crippen molar-refractivity contribution in [2.24, 2.45) is 5.10 Å². The van der Waals surface area contributed by atoms with Crippen LogP contribution in [0.25, 0.3) is 0 Å². The van der Waals surface area contributed by atoms with Gasteiger partial charge in [-0.2, -0.15) is 5.10 Å². The Balaban J connectivity index is 1.62. The Morgan fingerprint density at radius 1 is 1.10 bits per heavy atom. The first-order valence-corrected chi connectivity index (χ1v) is 10.3. The van der Waals surface area contributed by atoms with Crippen molar-refractivity contribution in [3.63, 3.8) is 0 Å². The molecule has 0 heterocycles. The van der Waals surface area contributed by atoms with Gasteiger partial charge in [-0.1, -0.05) is 70.0 Å². The Bertz CT molecular complexity index is 1020. The van der Waals surface area contributed by atoms with E-state index in [9.17, 15) is 4.79 Å². The molecule has 0 aliphatic heterocycles. The van der Waals surface area contributed by atoms with Crippen molar-refractivity contribution in [2.45, 2.75) is 13.0 Å². The minimum atomic E-state index is -0.213. The van der Waals surface area contributed by atoms with Crippen LogP contribution in [0.4, 0.5) is 0 Å². The number of hydrazone groups is 1. The molecule has 1 N–H and O–H groups in total. The average Bonchev–Trinajstić information content (AvgIpc) is 2.75. The highest BCUT2D eigenvalue weighted by Gasteiger charge is 2.12. The molecular weight excluding hydrogens is 468 g/mol. The van der Waals surface area contributed by atoms with Crippen LogP contribution >= 0.6 is 27.5 Å². The third-order valence-corrected chi connectivity index (χ3v) is 4.97. The summed E-state index contributed by atoms with van der Waals surface area (Å²) >= 11 is 9.75. The van der Waals surface area contributed by atoms with E-state index < -0.39 is 0 Å². The van der Waals surface area contributed by atoms with Gasteiger partial charge in [-0.15, -0.1) is 0 Å². The van der Waals surface area contributed by atoms with Crippen LogP contribution in [0.2, 0.25) is 5.02 Å². The fourth-order valence-electron chi connectivity index (χ4n) is 2.69. The molecule has 5 nitrogen and oxygen atoms in total. The van der Waals surface area contributed by atoms with Crippen LogP contribution in [0, 0.1) is 0 Å². The van der Waals surface area contributed by atoms with Gasteiger partial charge in [-0.05, 0) is 41.0 Å². The van der Waals surface area contributed by atoms with Crippen LogP contribution in [0.15, 0.2) is 76.3 Å². The number of methoxy groups -OCH3 is 1. The van der Waals surface area contributed by atoms with Crippen LogP contribution in [0.5, 0.6) is 11.5 Å². The molecule has 0 aromatic heterocycles. The smallest absolute Gasteiger partial charge is 0.244 e. The van der Waals surface area contributed by atoms with Gasteiger partial charge < -0.3 is 9.47 Å². The van der Waals surface area contributed by atoms with Crippen molar-refractivity contribution < 1.29 is 14.3 Å². The number of benzene rings is 3. The van der Waals surface area contributed by atoms with Gasteiger partial charge in [0.25, 0.3) is 0 Å². The number of ether oxygens (including phenoxy) is 2. The van der Waals surface area contributed by atoms with Crippen molar-refractivity contribution in [1.82, 2.24) is 5.43 Å². The lowest BCUT2D eigenvalue weighted by Crippen LogP contribution is -2.19. The Hall–Kier alpha value is -2.83. The molecule has 0 bridgehead atoms. The zero-order valence-electron chi connectivity index (χ0n) is 16.3. The summed E-state index contributed by atoms with van der Waals surface area (Å²) in [4.78, 5) is 12.0. The summed E-state index contributed by atoms with van der Waals surface area (Å²) in [7, 11) is 1.54. The Morgan fingerprint density at radius 3 is 2.53 bits per heavy atom. The number of halogens is 2. The molecular formula is C23H20BrClN2O3. The number of carbonyl (C=O) groups is 1. The molecule has 0 spiro atoms. The summed E-state index contributed by atoms with van der Waals surface area (Å²) in [5.74, 6) is 0.731. The Kier molecular flexibility index (Phi) is 7.88. The molecule has 0 aliphatic carbocycles. The van der Waals surface area contributed by atoms with Crippen molar-refractivity contribution >= 4 is 39.7 Å². The number of carbonyl (C=O) groups excluding carboxylic acids is 1. The van der Waals surface area contributed by atoms with E-state index in [0.29, 0.717) is 28.7 Å². The van der Waals surface area contributed by atoms with E-state index in [0.717, 1.165) is 15.6 Å². The molecule has 0 aliphatic rings. The first kappa shape index (κ1) is 21.9. The van der Waals surface area contributed by atoms with Gasteiger partial charge >= 0.3 is 0 Å². The van der Waals surface area contributed by atoms with Crippen LogP contribution in [-0.2, 0) is 17.8 Å². The molecule has 1 amide bonds. The standard InChI is InChI=1S/C23H20BrClN2O3/c1-29-21-12-18(11-20(25)23(21)30-15-17-5-3-2-4-6-17)14-26-27-22(28)13-16-7-9-19(24)10-8-16/h2-12,14H,13,15H2,1H3,(H,27,28)/b26-14+. The van der Waals surface area contributed by atoms with E-state index in [1.807, 2.05) is 54.6 Å². The van der Waals surface area contributed by atoms with Crippen LogP contribution in [0.1, 0.15) is 16.7 Å². The second-order valence-corrected chi connectivity index (χ2v) is 7.73. The predicted octanol–water partition coefficient (Wildman–Crippen LogP) is 5.38. The summed E-state index contributed by atoms with van der Waals surface area (Å²) in [5.41, 5.74) is 5.11. The summed E-state index contributed by atoms with van der Waals surface area (Å²) in [6.45, 7) is 0.371. The van der Waals surface area contributed by atoms with E-state index >= 15 is 0 Å². The van der Waals surface area contributed by atoms with E-state index in [1.54, 1.807) is 19.2 Å². The fraction of sp³-hybridized carbons (Fsp3) is 0.130. The molecule has 7 heteroatoms. The Morgan fingerprint density at radius 2 is 1.83 bits per heavy atom. The van der Waals surface area contributed by atoms with Gasteiger partial charge in [0.2, 0.25) is 5.91 Å². The second kappa shape index (κ2) is 10.8. The van der Waals surface area contributed by atoms with Crippen molar-refractivity contribution in [3.8, 4) is 11.5 Å². The highest BCUT2D eigenvalue weighted by molar-refractivity contribution is 9.10. The van der Waals surface area contributed by atoms with Gasteiger partial charge in [-0.25, -0.2) is 5.43 Å². The molecule has 0 saturated carbocycles. The van der Waals surface area contributed by atoms with Gasteiger partial charge in [-0.3, -0.25) is 4.79 Å². The number of hydrogen-bond donors (Lipinski definition) is 1. The zero-order valence-corrected chi connectivity index (χ0v) is 18.6. The fourth-order valence-corrected chi connectivity index (χ4v) is 3.23. The first-order valence-electron chi connectivity index (χ1n) is 9.16. The molecule has 0 atom stereocenters. The maximum absolute atomic E-state index is 12.0. The lowest BCUT2D eigenvalue weighted by Gasteiger charge is -2.13. The van der Waals surface area contributed by atoms with Crippen molar-refractivity contribution in [1.29, 1.82) is 0 Å². The Labute approximate surface area is 188 Å². The largest absolute Gasteiger partial charge is 0.493 e. The van der Waals surface area contributed by atoms with E-state index in [1.165, 1.54) is 6.21 Å². The number of nitrogens with zero attached hydrogens (tertiary/aromatic N) is 1. The normalized spacial score (nSPS) is 10.8. The molecule has 3 aromatic carbocycles. The molecule has 30 heavy (non-hydrogen) atoms. The van der Waals surface area contributed by atoms with Crippen LogP contribution in [0.3, 0.4) is 0 Å². The summed E-state index contributed by atoms with van der Waals surface area (Å²) in [5, 5.41) is 4.40. The van der Waals surface area contributed by atoms with E-state index in [4.69, 9.17) is 21.1 Å². The summed E-state index contributed by atoms with van der Waals surface area (Å²) in [6, 6.07) is 20.8. The van der Waals surface area contributed by atoms with Crippen molar-refractivity contribution in [2.75, 3.05) is 7.11 Å². The number of nitrogens with one attached hydrogen (secondary N) is 1. The van der Waals surface area contributed by atoms with Gasteiger partial charge in [0, 0.05) is 4.47 Å². The van der Waals surface area contributed by atoms with Gasteiger partial charge in [0.1, 0.15) is 6.61 Å². The third kappa shape index (κ3) is 6.34. The molecule has 0 saturated heterocycles. The average molecular weight is 488 g/mol. The second-order valence-electron chi connectivity index (χ2n) is 6.40. The summed E-state index contributed by atoms with van der Waals surface area (Å²) < 4.78 is 12.2. The maximum Gasteiger partial charge on any atom is 0.244 e. The molecule has 3 rings (SSSR count). The number of amides is 1. The first-order chi connectivity index (χ1) is 14.5. The zero-order chi connectivity index (χ0) is 21.3. The van der Waals surface area contributed by atoms with Gasteiger partial charge in [0.05, 0.1) is 24.8 Å².